The number of para-hydroxylation sites is 1. The van der Waals surface area contributed by atoms with Crippen LogP contribution in [0.5, 0.6) is 0 Å². The van der Waals surface area contributed by atoms with E-state index < -0.39 is 5.91 Å². The Morgan fingerprint density at radius 2 is 1.93 bits per heavy atom. The van der Waals surface area contributed by atoms with Gasteiger partial charge in [-0.3, -0.25) is 9.59 Å². The zero-order chi connectivity index (χ0) is 19.4. The first-order valence-corrected chi connectivity index (χ1v) is 10.3. The number of aromatic nitrogens is 1. The summed E-state index contributed by atoms with van der Waals surface area (Å²) in [7, 11) is 0. The molecular formula is C18H13Cl2N3O2S2. The molecule has 1 heterocycles. The van der Waals surface area contributed by atoms with E-state index in [2.05, 4.69) is 10.3 Å². The molecule has 0 unspecified atom stereocenters. The number of hydrogen-bond acceptors (Lipinski definition) is 5. The Hall–Kier alpha value is -2.06. The first kappa shape index (κ1) is 19.7. The SMILES string of the molecule is NC(=O)CSc1ccccc1NC(=O)c1csc(-c2ccc(Cl)c(Cl)c2)n1. The number of primary amides is 1. The number of amides is 2. The van der Waals surface area contributed by atoms with Crippen LogP contribution in [-0.4, -0.2) is 22.6 Å². The predicted molar refractivity (Wildman–Crippen MR) is 112 cm³/mol. The molecule has 5 nitrogen and oxygen atoms in total. The largest absolute Gasteiger partial charge is 0.369 e. The van der Waals surface area contributed by atoms with E-state index in [4.69, 9.17) is 28.9 Å². The summed E-state index contributed by atoms with van der Waals surface area (Å²) < 4.78 is 0. The van der Waals surface area contributed by atoms with Gasteiger partial charge in [-0.05, 0) is 24.3 Å². The molecule has 0 fully saturated rings. The second-order valence-corrected chi connectivity index (χ2v) is 8.06. The molecule has 0 aliphatic rings. The van der Waals surface area contributed by atoms with Gasteiger partial charge < -0.3 is 11.1 Å². The first-order chi connectivity index (χ1) is 12.9. The summed E-state index contributed by atoms with van der Waals surface area (Å²) in [6, 6.07) is 12.4. The standard InChI is InChI=1S/C18H13Cl2N3O2S2/c19-11-6-5-10(7-12(11)20)18-23-14(8-27-18)17(25)22-13-3-1-2-4-15(13)26-9-16(21)24/h1-8H,9H2,(H2,21,24)(H,22,25). The lowest BCUT2D eigenvalue weighted by atomic mass is 10.2. The number of carbonyl (C=O) groups is 2. The molecule has 0 radical (unpaired) electrons. The van der Waals surface area contributed by atoms with E-state index in [1.807, 2.05) is 12.1 Å². The van der Waals surface area contributed by atoms with Crippen molar-refractivity contribution in [3.05, 3.63) is 63.6 Å². The van der Waals surface area contributed by atoms with E-state index in [1.165, 1.54) is 23.1 Å². The fourth-order valence-electron chi connectivity index (χ4n) is 2.17. The van der Waals surface area contributed by atoms with Crippen LogP contribution >= 0.6 is 46.3 Å². The molecule has 1 aromatic heterocycles. The lowest BCUT2D eigenvalue weighted by Crippen LogP contribution is -2.15. The molecule has 2 aromatic carbocycles. The predicted octanol–water partition coefficient (Wildman–Crippen LogP) is 4.95. The lowest BCUT2D eigenvalue weighted by molar-refractivity contribution is -0.115. The van der Waals surface area contributed by atoms with Gasteiger partial charge in [0.2, 0.25) is 5.91 Å². The molecule has 0 aliphatic carbocycles. The Labute approximate surface area is 173 Å². The third-order valence-corrected chi connectivity index (χ3v) is 6.13. The van der Waals surface area contributed by atoms with Crippen molar-refractivity contribution >= 4 is 63.8 Å². The maximum Gasteiger partial charge on any atom is 0.275 e. The summed E-state index contributed by atoms with van der Waals surface area (Å²) in [6.07, 6.45) is 0. The van der Waals surface area contributed by atoms with Crippen LogP contribution < -0.4 is 11.1 Å². The topological polar surface area (TPSA) is 85.1 Å². The first-order valence-electron chi connectivity index (χ1n) is 7.66. The van der Waals surface area contributed by atoms with Gasteiger partial charge in [-0.25, -0.2) is 4.98 Å². The van der Waals surface area contributed by atoms with Crippen LogP contribution in [0.2, 0.25) is 10.0 Å². The quantitative estimate of drug-likeness (QED) is 0.534. The molecule has 0 bridgehead atoms. The highest BCUT2D eigenvalue weighted by molar-refractivity contribution is 8.00. The van der Waals surface area contributed by atoms with Gasteiger partial charge in [-0.2, -0.15) is 0 Å². The van der Waals surface area contributed by atoms with Crippen molar-refractivity contribution in [2.75, 3.05) is 11.1 Å². The van der Waals surface area contributed by atoms with E-state index in [9.17, 15) is 9.59 Å². The molecule has 27 heavy (non-hydrogen) atoms. The van der Waals surface area contributed by atoms with Crippen molar-refractivity contribution in [1.82, 2.24) is 4.98 Å². The molecule has 9 heteroatoms. The third-order valence-electron chi connectivity index (χ3n) is 3.41. The summed E-state index contributed by atoms with van der Waals surface area (Å²) in [4.78, 5) is 28.7. The van der Waals surface area contributed by atoms with Gasteiger partial charge >= 0.3 is 0 Å². The maximum absolute atomic E-state index is 12.6. The lowest BCUT2D eigenvalue weighted by Gasteiger charge is -2.09. The second kappa shape index (κ2) is 8.75. The second-order valence-electron chi connectivity index (χ2n) is 5.37. The van der Waals surface area contributed by atoms with Gasteiger partial charge in [-0.15, -0.1) is 23.1 Å². The zero-order valence-electron chi connectivity index (χ0n) is 13.7. The molecule has 0 saturated heterocycles. The van der Waals surface area contributed by atoms with E-state index in [0.717, 1.165) is 10.5 Å². The smallest absolute Gasteiger partial charge is 0.275 e. The number of nitrogens with two attached hydrogens (primary N) is 1. The van der Waals surface area contributed by atoms with Crippen molar-refractivity contribution in [2.45, 2.75) is 4.90 Å². The van der Waals surface area contributed by atoms with Gasteiger partial charge in [0.25, 0.3) is 5.91 Å². The van der Waals surface area contributed by atoms with Crippen molar-refractivity contribution in [3.8, 4) is 10.6 Å². The van der Waals surface area contributed by atoms with Crippen LogP contribution in [0.25, 0.3) is 10.6 Å². The summed E-state index contributed by atoms with van der Waals surface area (Å²) >= 11 is 14.6. The Balaban J connectivity index is 1.77. The molecule has 0 aliphatic heterocycles. The molecule has 138 valence electrons. The Bertz CT molecular complexity index is 1010. The number of nitrogens with zero attached hydrogens (tertiary/aromatic N) is 1. The summed E-state index contributed by atoms with van der Waals surface area (Å²) in [5.41, 5.74) is 6.85. The average Bonchev–Trinajstić information content (AvgIpc) is 3.13. The van der Waals surface area contributed by atoms with Crippen LogP contribution in [0, 0.1) is 0 Å². The van der Waals surface area contributed by atoms with E-state index in [0.29, 0.717) is 20.7 Å². The van der Waals surface area contributed by atoms with Gasteiger partial charge in [-0.1, -0.05) is 41.4 Å². The summed E-state index contributed by atoms with van der Waals surface area (Å²) in [6.45, 7) is 0. The number of thioether (sulfide) groups is 1. The number of benzene rings is 2. The van der Waals surface area contributed by atoms with Crippen LogP contribution in [-0.2, 0) is 4.79 Å². The molecule has 3 N–H and O–H groups in total. The summed E-state index contributed by atoms with van der Waals surface area (Å²) in [5.74, 6) is -0.637. The average molecular weight is 438 g/mol. The third kappa shape index (κ3) is 5.01. The maximum atomic E-state index is 12.6. The number of hydrogen-bond donors (Lipinski definition) is 2. The van der Waals surface area contributed by atoms with Crippen molar-refractivity contribution in [3.63, 3.8) is 0 Å². The van der Waals surface area contributed by atoms with Gasteiger partial charge in [0.1, 0.15) is 10.7 Å². The van der Waals surface area contributed by atoms with Crippen LogP contribution in [0.4, 0.5) is 5.69 Å². The van der Waals surface area contributed by atoms with Crippen LogP contribution in [0.3, 0.4) is 0 Å². The van der Waals surface area contributed by atoms with Gasteiger partial charge in [0.05, 0.1) is 21.5 Å². The van der Waals surface area contributed by atoms with Crippen LogP contribution in [0.1, 0.15) is 10.5 Å². The highest BCUT2D eigenvalue weighted by Gasteiger charge is 2.15. The number of rotatable bonds is 6. The molecule has 0 atom stereocenters. The molecule has 2 amide bonds. The highest BCUT2D eigenvalue weighted by atomic mass is 35.5. The Morgan fingerprint density at radius 1 is 1.15 bits per heavy atom. The monoisotopic (exact) mass is 437 g/mol. The minimum atomic E-state index is -0.424. The minimum Gasteiger partial charge on any atom is -0.369 e. The normalized spacial score (nSPS) is 10.6. The molecule has 0 saturated carbocycles. The molecule has 3 aromatic rings. The number of carbonyl (C=O) groups excluding carboxylic acids is 2. The number of halogens is 2. The van der Waals surface area contributed by atoms with Gasteiger partial charge in [0, 0.05) is 15.8 Å². The number of thiazole rings is 1. The van der Waals surface area contributed by atoms with Crippen molar-refractivity contribution in [2.24, 2.45) is 5.73 Å². The van der Waals surface area contributed by atoms with Crippen molar-refractivity contribution < 1.29 is 9.59 Å². The van der Waals surface area contributed by atoms with Gasteiger partial charge in [0.15, 0.2) is 0 Å². The fourth-order valence-corrected chi connectivity index (χ4v) is 4.01. The van der Waals surface area contributed by atoms with Crippen molar-refractivity contribution in [1.29, 1.82) is 0 Å². The van der Waals surface area contributed by atoms with E-state index in [1.54, 1.807) is 35.7 Å². The Morgan fingerprint density at radius 3 is 2.67 bits per heavy atom. The summed E-state index contributed by atoms with van der Waals surface area (Å²) in [5, 5.41) is 6.04. The van der Waals surface area contributed by atoms with Crippen LogP contribution in [0.15, 0.2) is 52.7 Å². The van der Waals surface area contributed by atoms with E-state index >= 15 is 0 Å². The molecule has 0 spiro atoms. The number of nitrogens with one attached hydrogen (secondary N) is 1. The minimum absolute atomic E-state index is 0.130. The highest BCUT2D eigenvalue weighted by Crippen LogP contribution is 2.31. The fraction of sp³-hybridized carbons (Fsp3) is 0.0556. The van der Waals surface area contributed by atoms with E-state index in [-0.39, 0.29) is 17.4 Å². The number of anilines is 1. The molecular weight excluding hydrogens is 425 g/mol. The zero-order valence-corrected chi connectivity index (χ0v) is 16.9. The molecule has 3 rings (SSSR count). The Kier molecular flexibility index (Phi) is 6.38.